The molecular formula is C7H9N3S. The van der Waals surface area contributed by atoms with Crippen LogP contribution in [-0.2, 0) is 0 Å². The topological polar surface area (TPSA) is 37.0 Å². The summed E-state index contributed by atoms with van der Waals surface area (Å²) in [6.07, 6.45) is 1.71. The molecule has 1 aromatic rings. The Kier molecular flexibility index (Phi) is 2.80. The maximum atomic E-state index is 4.88. The molecule has 0 aliphatic rings. The highest BCUT2D eigenvalue weighted by molar-refractivity contribution is 7.80. The molecule has 0 aliphatic heterocycles. The molecule has 0 atom stereocenters. The minimum absolute atomic E-state index is 0.573. The summed E-state index contributed by atoms with van der Waals surface area (Å²) in [5.41, 5.74) is 0. The third kappa shape index (κ3) is 2.51. The molecule has 0 fully saturated rings. The smallest absolute Gasteiger partial charge is 0.171 e. The van der Waals surface area contributed by atoms with Gasteiger partial charge in [0.2, 0.25) is 0 Å². The summed E-state index contributed by atoms with van der Waals surface area (Å²) < 4.78 is 0. The first-order chi connectivity index (χ1) is 5.33. The van der Waals surface area contributed by atoms with Crippen LogP contribution >= 0.6 is 12.2 Å². The van der Waals surface area contributed by atoms with Crippen molar-refractivity contribution in [1.29, 1.82) is 0 Å². The fraction of sp³-hybridized carbons (Fsp3) is 0.143. The van der Waals surface area contributed by atoms with Crippen molar-refractivity contribution in [2.45, 2.75) is 0 Å². The average Bonchev–Trinajstić information content (AvgIpc) is 2.06. The van der Waals surface area contributed by atoms with E-state index >= 15 is 0 Å². The molecule has 0 saturated heterocycles. The Labute approximate surface area is 70.8 Å². The van der Waals surface area contributed by atoms with Crippen molar-refractivity contribution in [1.82, 2.24) is 10.3 Å². The number of hydrogen-bond donors (Lipinski definition) is 2. The van der Waals surface area contributed by atoms with Crippen LogP contribution < -0.4 is 10.6 Å². The highest BCUT2D eigenvalue weighted by Gasteiger charge is 1.92. The van der Waals surface area contributed by atoms with Crippen molar-refractivity contribution in [3.63, 3.8) is 0 Å². The molecule has 0 spiro atoms. The van der Waals surface area contributed by atoms with Crippen LogP contribution in [0.3, 0.4) is 0 Å². The second-order valence-electron chi connectivity index (χ2n) is 1.92. The van der Waals surface area contributed by atoms with E-state index in [-0.39, 0.29) is 0 Å². The molecule has 0 bridgehead atoms. The van der Waals surface area contributed by atoms with E-state index in [4.69, 9.17) is 12.2 Å². The van der Waals surface area contributed by atoms with E-state index in [9.17, 15) is 0 Å². The van der Waals surface area contributed by atoms with Gasteiger partial charge in [-0.15, -0.1) is 0 Å². The second-order valence-corrected chi connectivity index (χ2v) is 2.33. The number of rotatable bonds is 1. The van der Waals surface area contributed by atoms with Gasteiger partial charge in [0, 0.05) is 13.2 Å². The van der Waals surface area contributed by atoms with Gasteiger partial charge in [-0.25, -0.2) is 4.98 Å². The third-order valence-corrected chi connectivity index (χ3v) is 1.44. The first-order valence-corrected chi connectivity index (χ1v) is 3.63. The van der Waals surface area contributed by atoms with Gasteiger partial charge in [-0.05, 0) is 24.4 Å². The number of nitrogens with one attached hydrogen (secondary N) is 2. The van der Waals surface area contributed by atoms with Gasteiger partial charge in [-0.1, -0.05) is 6.07 Å². The van der Waals surface area contributed by atoms with E-state index in [0.29, 0.717) is 5.11 Å². The zero-order valence-electron chi connectivity index (χ0n) is 6.16. The van der Waals surface area contributed by atoms with E-state index in [2.05, 4.69) is 15.6 Å². The van der Waals surface area contributed by atoms with Crippen molar-refractivity contribution >= 4 is 23.1 Å². The van der Waals surface area contributed by atoms with E-state index < -0.39 is 0 Å². The fourth-order valence-corrected chi connectivity index (χ4v) is 0.720. The van der Waals surface area contributed by atoms with E-state index in [1.54, 1.807) is 13.2 Å². The Bertz CT molecular complexity index is 235. The van der Waals surface area contributed by atoms with Crippen LogP contribution in [0.1, 0.15) is 0 Å². The van der Waals surface area contributed by atoms with Crippen molar-refractivity contribution in [2.24, 2.45) is 0 Å². The maximum absolute atomic E-state index is 4.88. The van der Waals surface area contributed by atoms with Crippen LogP contribution in [0.5, 0.6) is 0 Å². The molecule has 2 N–H and O–H groups in total. The predicted molar refractivity (Wildman–Crippen MR) is 49.5 cm³/mol. The highest BCUT2D eigenvalue weighted by atomic mass is 32.1. The highest BCUT2D eigenvalue weighted by Crippen LogP contribution is 1.98. The lowest BCUT2D eigenvalue weighted by molar-refractivity contribution is 1.18. The lowest BCUT2D eigenvalue weighted by atomic mass is 10.5. The van der Waals surface area contributed by atoms with Gasteiger partial charge in [0.1, 0.15) is 5.82 Å². The number of pyridine rings is 1. The molecule has 11 heavy (non-hydrogen) atoms. The first kappa shape index (κ1) is 7.94. The lowest BCUT2D eigenvalue weighted by Gasteiger charge is -2.04. The molecule has 0 radical (unpaired) electrons. The summed E-state index contributed by atoms with van der Waals surface area (Å²) in [5, 5.41) is 6.27. The van der Waals surface area contributed by atoms with Crippen LogP contribution in [0.25, 0.3) is 0 Å². The predicted octanol–water partition coefficient (Wildman–Crippen LogP) is 0.998. The van der Waals surface area contributed by atoms with Crippen molar-refractivity contribution in [3.05, 3.63) is 24.4 Å². The van der Waals surface area contributed by atoms with E-state index in [0.717, 1.165) is 5.82 Å². The SMILES string of the molecule is CNC(=S)Nc1ccccn1. The molecule has 0 saturated carbocycles. The molecule has 0 amide bonds. The average molecular weight is 167 g/mol. The monoisotopic (exact) mass is 167 g/mol. The normalized spacial score (nSPS) is 8.82. The summed E-state index contributed by atoms with van der Waals surface area (Å²) in [6.45, 7) is 0. The summed E-state index contributed by atoms with van der Waals surface area (Å²) in [4.78, 5) is 4.03. The van der Waals surface area contributed by atoms with E-state index in [1.165, 1.54) is 0 Å². The van der Waals surface area contributed by atoms with Crippen LogP contribution in [-0.4, -0.2) is 17.1 Å². The standard InChI is InChI=1S/C7H9N3S/c1-8-7(11)10-6-4-2-3-5-9-6/h2-5H,1H3,(H2,8,9,10,11). The fourth-order valence-electron chi connectivity index (χ4n) is 0.616. The quantitative estimate of drug-likeness (QED) is 0.612. The summed E-state index contributed by atoms with van der Waals surface area (Å²) >= 11 is 4.88. The number of aromatic nitrogens is 1. The largest absolute Gasteiger partial charge is 0.365 e. The molecule has 58 valence electrons. The molecule has 3 nitrogen and oxygen atoms in total. The van der Waals surface area contributed by atoms with Gasteiger partial charge in [-0.2, -0.15) is 0 Å². The molecule has 0 unspecified atom stereocenters. The Morgan fingerprint density at radius 1 is 1.55 bits per heavy atom. The van der Waals surface area contributed by atoms with Crippen molar-refractivity contribution in [3.8, 4) is 0 Å². The van der Waals surface area contributed by atoms with Crippen molar-refractivity contribution in [2.75, 3.05) is 12.4 Å². The van der Waals surface area contributed by atoms with Gasteiger partial charge < -0.3 is 10.6 Å². The van der Waals surface area contributed by atoms with Crippen LogP contribution in [0.2, 0.25) is 0 Å². The van der Waals surface area contributed by atoms with Crippen LogP contribution in [0, 0.1) is 0 Å². The van der Waals surface area contributed by atoms with Gasteiger partial charge in [0.15, 0.2) is 5.11 Å². The Morgan fingerprint density at radius 2 is 2.36 bits per heavy atom. The summed E-state index contributed by atoms with van der Waals surface area (Å²) in [7, 11) is 1.76. The van der Waals surface area contributed by atoms with Crippen molar-refractivity contribution < 1.29 is 0 Å². The molecule has 4 heteroatoms. The number of hydrogen-bond acceptors (Lipinski definition) is 2. The second kappa shape index (κ2) is 3.88. The van der Waals surface area contributed by atoms with Gasteiger partial charge in [-0.3, -0.25) is 0 Å². The Hall–Kier alpha value is -1.16. The Balaban J connectivity index is 2.58. The maximum Gasteiger partial charge on any atom is 0.171 e. The molecule has 0 aliphatic carbocycles. The van der Waals surface area contributed by atoms with Crippen LogP contribution in [0.4, 0.5) is 5.82 Å². The minimum atomic E-state index is 0.573. The third-order valence-electron chi connectivity index (χ3n) is 1.13. The molecule has 1 rings (SSSR count). The number of nitrogens with zero attached hydrogens (tertiary/aromatic N) is 1. The number of thiocarbonyl (C=S) groups is 1. The summed E-state index contributed by atoms with van der Waals surface area (Å²) in [5.74, 6) is 0.756. The zero-order chi connectivity index (χ0) is 8.10. The van der Waals surface area contributed by atoms with Gasteiger partial charge in [0.05, 0.1) is 0 Å². The molecule has 1 aromatic heterocycles. The summed E-state index contributed by atoms with van der Waals surface area (Å²) in [6, 6.07) is 5.60. The molecule has 1 heterocycles. The molecule has 0 aromatic carbocycles. The zero-order valence-corrected chi connectivity index (χ0v) is 6.98. The first-order valence-electron chi connectivity index (χ1n) is 3.22. The number of anilines is 1. The van der Waals surface area contributed by atoms with E-state index in [1.807, 2.05) is 18.2 Å². The van der Waals surface area contributed by atoms with Gasteiger partial charge in [0.25, 0.3) is 0 Å². The Morgan fingerprint density at radius 3 is 2.91 bits per heavy atom. The molecular weight excluding hydrogens is 158 g/mol. The van der Waals surface area contributed by atoms with Crippen LogP contribution in [0.15, 0.2) is 24.4 Å². The lowest BCUT2D eigenvalue weighted by Crippen LogP contribution is -2.24. The van der Waals surface area contributed by atoms with Gasteiger partial charge >= 0.3 is 0 Å². The minimum Gasteiger partial charge on any atom is -0.365 e.